The van der Waals surface area contributed by atoms with Crippen LogP contribution in [0.25, 0.3) is 0 Å². The zero-order valence-corrected chi connectivity index (χ0v) is 23.0. The molecule has 39 heavy (non-hydrogen) atoms. The van der Waals surface area contributed by atoms with Gasteiger partial charge in [-0.15, -0.1) is 11.8 Å². The number of carbonyl (C=O) groups is 2. The minimum atomic E-state index is -0.399. The van der Waals surface area contributed by atoms with Crippen LogP contribution in [0.5, 0.6) is 11.5 Å². The number of methoxy groups -OCH3 is 1. The quantitative estimate of drug-likeness (QED) is 0.306. The number of aldehydes is 1. The van der Waals surface area contributed by atoms with Crippen LogP contribution >= 0.6 is 11.8 Å². The number of hydrogen-bond acceptors (Lipinski definition) is 8. The van der Waals surface area contributed by atoms with E-state index in [9.17, 15) is 9.59 Å². The van der Waals surface area contributed by atoms with Crippen LogP contribution in [0.4, 0.5) is 5.69 Å². The van der Waals surface area contributed by atoms with Crippen molar-refractivity contribution < 1.29 is 23.5 Å². The average molecular weight is 548 g/mol. The number of rotatable bonds is 10. The van der Waals surface area contributed by atoms with Gasteiger partial charge in [0.25, 0.3) is 5.91 Å². The highest BCUT2D eigenvalue weighted by molar-refractivity contribution is 8.01. The number of carbonyl (C=O) groups excluding carboxylic acids is 2. The summed E-state index contributed by atoms with van der Waals surface area (Å²) in [5.74, 6) is 1.39. The molecule has 8 nitrogen and oxygen atoms in total. The van der Waals surface area contributed by atoms with Gasteiger partial charge >= 0.3 is 0 Å². The SMILES string of the molecule is CCC1SC(C=O)N(Cc2ccc(NC(=O)c3ccco3)cc2)N=C1c1ccc(OC)c(OC2CCCC2)c1. The molecule has 0 spiro atoms. The zero-order valence-electron chi connectivity index (χ0n) is 22.2. The van der Waals surface area contributed by atoms with E-state index in [2.05, 4.69) is 12.2 Å². The topological polar surface area (TPSA) is 93.4 Å². The van der Waals surface area contributed by atoms with Gasteiger partial charge in [0, 0.05) is 11.3 Å². The van der Waals surface area contributed by atoms with Gasteiger partial charge in [0.15, 0.2) is 23.5 Å². The Morgan fingerprint density at radius 1 is 1.15 bits per heavy atom. The molecule has 2 heterocycles. The van der Waals surface area contributed by atoms with Crippen LogP contribution in [0.15, 0.2) is 70.4 Å². The lowest BCUT2D eigenvalue weighted by atomic mass is 10.0. The molecule has 1 saturated carbocycles. The van der Waals surface area contributed by atoms with Gasteiger partial charge in [-0.1, -0.05) is 19.1 Å². The Balaban J connectivity index is 1.36. The van der Waals surface area contributed by atoms with Crippen molar-refractivity contribution in [3.63, 3.8) is 0 Å². The fraction of sp³-hybridized carbons (Fsp3) is 0.367. The molecule has 0 bridgehead atoms. The van der Waals surface area contributed by atoms with Gasteiger partial charge in [-0.25, -0.2) is 0 Å². The lowest BCUT2D eigenvalue weighted by Gasteiger charge is -2.35. The number of hydrogen-bond donors (Lipinski definition) is 1. The number of thioether (sulfide) groups is 1. The first-order valence-electron chi connectivity index (χ1n) is 13.3. The van der Waals surface area contributed by atoms with Crippen molar-refractivity contribution in [2.45, 2.75) is 62.3 Å². The molecule has 1 aliphatic carbocycles. The molecule has 9 heteroatoms. The summed E-state index contributed by atoms with van der Waals surface area (Å²) >= 11 is 1.61. The molecule has 1 aliphatic heterocycles. The van der Waals surface area contributed by atoms with Gasteiger partial charge in [-0.05, 0) is 80.1 Å². The maximum atomic E-state index is 12.3. The highest BCUT2D eigenvalue weighted by Gasteiger charge is 2.32. The molecule has 2 atom stereocenters. The molecule has 2 aliphatic rings. The first kappa shape index (κ1) is 26.9. The molecule has 2 unspecified atom stereocenters. The second kappa shape index (κ2) is 12.4. The molecular weight excluding hydrogens is 514 g/mol. The van der Waals surface area contributed by atoms with E-state index in [1.165, 1.54) is 19.1 Å². The monoisotopic (exact) mass is 547 g/mol. The Labute approximate surface area is 232 Å². The Morgan fingerprint density at radius 2 is 1.95 bits per heavy atom. The number of hydrazone groups is 1. The summed E-state index contributed by atoms with van der Waals surface area (Å²) in [6, 6.07) is 16.8. The van der Waals surface area contributed by atoms with Crippen LogP contribution in [-0.4, -0.2) is 46.8 Å². The second-order valence-electron chi connectivity index (χ2n) is 9.66. The van der Waals surface area contributed by atoms with Crippen molar-refractivity contribution in [2.75, 3.05) is 12.4 Å². The fourth-order valence-electron chi connectivity index (χ4n) is 4.92. The molecule has 1 N–H and O–H groups in total. The van der Waals surface area contributed by atoms with Crippen molar-refractivity contribution >= 4 is 35.4 Å². The minimum Gasteiger partial charge on any atom is -0.493 e. The zero-order chi connectivity index (χ0) is 27.2. The number of nitrogens with one attached hydrogen (secondary N) is 1. The third-order valence-corrected chi connectivity index (χ3v) is 8.50. The van der Waals surface area contributed by atoms with Gasteiger partial charge < -0.3 is 24.0 Å². The first-order valence-corrected chi connectivity index (χ1v) is 14.3. The number of benzene rings is 2. The maximum Gasteiger partial charge on any atom is 0.291 e. The van der Waals surface area contributed by atoms with Gasteiger partial charge in [0.1, 0.15) is 5.37 Å². The maximum absolute atomic E-state index is 12.3. The van der Waals surface area contributed by atoms with Crippen LogP contribution < -0.4 is 14.8 Å². The number of anilines is 1. The number of amides is 1. The highest BCUT2D eigenvalue weighted by Crippen LogP contribution is 2.37. The van der Waals surface area contributed by atoms with Crippen LogP contribution in [0.1, 0.15) is 60.7 Å². The van der Waals surface area contributed by atoms with Crippen LogP contribution in [0.3, 0.4) is 0 Å². The second-order valence-corrected chi connectivity index (χ2v) is 11.0. The molecule has 204 valence electrons. The van der Waals surface area contributed by atoms with E-state index in [1.54, 1.807) is 31.0 Å². The minimum absolute atomic E-state index is 0.0726. The third kappa shape index (κ3) is 6.30. The summed E-state index contributed by atoms with van der Waals surface area (Å²) in [6.45, 7) is 2.56. The largest absolute Gasteiger partial charge is 0.493 e. The summed E-state index contributed by atoms with van der Waals surface area (Å²) in [5, 5.41) is 9.33. The third-order valence-electron chi connectivity index (χ3n) is 6.98. The average Bonchev–Trinajstić information content (AvgIpc) is 3.69. The van der Waals surface area contributed by atoms with E-state index in [0.717, 1.165) is 48.1 Å². The van der Waals surface area contributed by atoms with Crippen molar-refractivity contribution in [3.8, 4) is 11.5 Å². The molecule has 0 radical (unpaired) electrons. The summed E-state index contributed by atoms with van der Waals surface area (Å²) in [4.78, 5) is 24.3. The molecule has 2 aromatic carbocycles. The van der Waals surface area contributed by atoms with E-state index in [1.807, 2.05) is 47.5 Å². The number of ether oxygens (including phenoxy) is 2. The molecule has 1 amide bonds. The van der Waals surface area contributed by atoms with E-state index in [4.69, 9.17) is 19.0 Å². The Bertz CT molecular complexity index is 1300. The lowest BCUT2D eigenvalue weighted by molar-refractivity contribution is -0.110. The summed E-state index contributed by atoms with van der Waals surface area (Å²) < 4.78 is 17.1. The standard InChI is InChI=1S/C30H33N3O5S/c1-3-27-29(21-12-15-24(36-2)26(17-21)38-23-7-4-5-8-23)32-33(28(19-34)39-27)18-20-10-13-22(14-11-20)31-30(35)25-9-6-16-37-25/h6,9-17,19,23,27-28H,3-5,7-8,18H2,1-2H3,(H,31,35). The molecule has 5 rings (SSSR count). The van der Waals surface area contributed by atoms with Gasteiger partial charge in [0.2, 0.25) is 0 Å². The number of nitrogens with zero attached hydrogens (tertiary/aromatic N) is 2. The summed E-state index contributed by atoms with van der Waals surface area (Å²) in [6.07, 6.45) is 7.96. The predicted molar refractivity (Wildman–Crippen MR) is 153 cm³/mol. The highest BCUT2D eigenvalue weighted by atomic mass is 32.2. The van der Waals surface area contributed by atoms with E-state index >= 15 is 0 Å². The lowest BCUT2D eigenvalue weighted by Crippen LogP contribution is -2.39. The van der Waals surface area contributed by atoms with Gasteiger partial charge in [-0.3, -0.25) is 9.80 Å². The molecule has 3 aromatic rings. The van der Waals surface area contributed by atoms with E-state index in [-0.39, 0.29) is 23.0 Å². The van der Waals surface area contributed by atoms with Crippen molar-refractivity contribution in [3.05, 3.63) is 77.7 Å². The predicted octanol–water partition coefficient (Wildman–Crippen LogP) is 6.12. The normalized spacial score (nSPS) is 19.4. The van der Waals surface area contributed by atoms with Crippen LogP contribution in [-0.2, 0) is 11.3 Å². The molecule has 0 saturated heterocycles. The Hall–Kier alpha value is -3.72. The van der Waals surface area contributed by atoms with Gasteiger partial charge in [-0.2, -0.15) is 5.10 Å². The molecular formula is C30H33N3O5S. The van der Waals surface area contributed by atoms with E-state index in [0.29, 0.717) is 18.0 Å². The smallest absolute Gasteiger partial charge is 0.291 e. The van der Waals surface area contributed by atoms with Crippen molar-refractivity contribution in [1.82, 2.24) is 5.01 Å². The first-order chi connectivity index (χ1) is 19.1. The van der Waals surface area contributed by atoms with Crippen molar-refractivity contribution in [1.29, 1.82) is 0 Å². The molecule has 1 fully saturated rings. The fourth-order valence-corrected chi connectivity index (χ4v) is 6.09. The Morgan fingerprint density at radius 3 is 2.62 bits per heavy atom. The Kier molecular flexibility index (Phi) is 8.56. The summed E-state index contributed by atoms with van der Waals surface area (Å²) in [5.41, 5.74) is 3.51. The van der Waals surface area contributed by atoms with Crippen LogP contribution in [0, 0.1) is 0 Å². The van der Waals surface area contributed by atoms with Gasteiger partial charge in [0.05, 0.1) is 37.0 Å². The van der Waals surface area contributed by atoms with E-state index < -0.39 is 5.37 Å². The molecule has 1 aromatic heterocycles. The van der Waals surface area contributed by atoms with Crippen LogP contribution in [0.2, 0.25) is 0 Å². The summed E-state index contributed by atoms with van der Waals surface area (Å²) in [7, 11) is 1.66. The number of furan rings is 1. The van der Waals surface area contributed by atoms with Crippen molar-refractivity contribution in [2.24, 2.45) is 5.10 Å².